The van der Waals surface area contributed by atoms with Crippen LogP contribution in [-0.2, 0) is 4.74 Å². The van der Waals surface area contributed by atoms with Gasteiger partial charge in [0.2, 0.25) is 0 Å². The molecule has 1 aliphatic heterocycles. The van der Waals surface area contributed by atoms with Gasteiger partial charge in [-0.3, -0.25) is 0 Å². The number of anilines is 2. The maximum atomic E-state index is 9.30. The lowest BCUT2D eigenvalue weighted by atomic mass is 9.99. The molecule has 9 heteroatoms. The Balaban J connectivity index is 1.62. The molecule has 4 aromatic rings. The zero-order valence-corrected chi connectivity index (χ0v) is 16.6. The Kier molecular flexibility index (Phi) is 4.82. The normalized spacial score (nSPS) is 13.8. The highest BCUT2D eigenvalue weighted by atomic mass is 16.5. The molecular formula is C22H18N8O. The summed E-state index contributed by atoms with van der Waals surface area (Å²) in [6.45, 7) is 2.94. The monoisotopic (exact) mass is 410 g/mol. The van der Waals surface area contributed by atoms with Crippen LogP contribution in [0.5, 0.6) is 0 Å². The zero-order chi connectivity index (χ0) is 21.2. The second-order valence-electron chi connectivity index (χ2n) is 7.08. The van der Waals surface area contributed by atoms with Crippen molar-refractivity contribution in [1.82, 2.24) is 25.1 Å². The van der Waals surface area contributed by atoms with E-state index in [1.54, 1.807) is 12.1 Å². The quantitative estimate of drug-likeness (QED) is 0.541. The van der Waals surface area contributed by atoms with Crippen molar-refractivity contribution in [2.75, 3.05) is 36.9 Å². The molecule has 1 aromatic carbocycles. The van der Waals surface area contributed by atoms with Crippen molar-refractivity contribution in [3.63, 3.8) is 0 Å². The van der Waals surface area contributed by atoms with Crippen LogP contribution in [0.15, 0.2) is 48.8 Å². The van der Waals surface area contributed by atoms with Gasteiger partial charge in [-0.15, -0.1) is 10.2 Å². The fourth-order valence-corrected chi connectivity index (χ4v) is 3.63. The van der Waals surface area contributed by atoms with E-state index in [1.165, 1.54) is 6.33 Å². The largest absolute Gasteiger partial charge is 0.383 e. The lowest BCUT2D eigenvalue weighted by Gasteiger charge is -2.27. The summed E-state index contributed by atoms with van der Waals surface area (Å²) in [6.07, 6.45) is 1.39. The summed E-state index contributed by atoms with van der Waals surface area (Å²) in [4.78, 5) is 15.2. The third-order valence-corrected chi connectivity index (χ3v) is 5.18. The molecule has 1 saturated heterocycles. The summed E-state index contributed by atoms with van der Waals surface area (Å²) in [5.41, 5.74) is 10.0. The number of nitrogen functional groups attached to an aromatic ring is 1. The van der Waals surface area contributed by atoms with Gasteiger partial charge < -0.3 is 15.4 Å². The Hall–Kier alpha value is -4.16. The Labute approximate surface area is 178 Å². The van der Waals surface area contributed by atoms with Crippen molar-refractivity contribution < 1.29 is 4.74 Å². The molecule has 0 spiro atoms. The van der Waals surface area contributed by atoms with Crippen molar-refractivity contribution in [2.45, 2.75) is 0 Å². The van der Waals surface area contributed by atoms with Gasteiger partial charge in [-0.25, -0.2) is 15.0 Å². The predicted molar refractivity (Wildman–Crippen MR) is 116 cm³/mol. The number of rotatable bonds is 3. The summed E-state index contributed by atoms with van der Waals surface area (Å²) in [6, 6.07) is 15.2. The van der Waals surface area contributed by atoms with Crippen LogP contribution in [0.3, 0.4) is 0 Å². The van der Waals surface area contributed by atoms with Crippen molar-refractivity contribution in [2.24, 2.45) is 0 Å². The summed E-state index contributed by atoms with van der Waals surface area (Å²) in [7, 11) is 0. The summed E-state index contributed by atoms with van der Waals surface area (Å²) in [5.74, 6) is 1.14. The van der Waals surface area contributed by atoms with Gasteiger partial charge in [0, 0.05) is 13.1 Å². The second-order valence-corrected chi connectivity index (χ2v) is 7.08. The van der Waals surface area contributed by atoms with E-state index in [0.29, 0.717) is 47.0 Å². The molecule has 1 aliphatic rings. The van der Waals surface area contributed by atoms with E-state index in [1.807, 2.05) is 30.3 Å². The Morgan fingerprint density at radius 3 is 2.65 bits per heavy atom. The molecule has 4 heterocycles. The van der Waals surface area contributed by atoms with Crippen molar-refractivity contribution >= 4 is 22.7 Å². The minimum atomic E-state index is 0.329. The first-order chi connectivity index (χ1) is 15.2. The van der Waals surface area contributed by atoms with Gasteiger partial charge in [0.1, 0.15) is 17.8 Å². The van der Waals surface area contributed by atoms with Crippen LogP contribution in [0.1, 0.15) is 5.56 Å². The fraction of sp³-hybridized carbons (Fsp3) is 0.182. The first-order valence-corrected chi connectivity index (χ1v) is 9.81. The second kappa shape index (κ2) is 7.93. The number of pyridine rings is 1. The third kappa shape index (κ3) is 3.60. The van der Waals surface area contributed by atoms with Gasteiger partial charge >= 0.3 is 0 Å². The molecule has 5 rings (SSSR count). The molecule has 0 bridgehead atoms. The SMILES string of the molecule is N#Cc1cccc(-c2cc(-c3ccc(N4CCOCC4)nn3)nc3ncnc(N)c23)c1. The maximum absolute atomic E-state index is 9.30. The van der Waals surface area contributed by atoms with Gasteiger partial charge in [-0.05, 0) is 41.5 Å². The number of nitrogens with two attached hydrogens (primary N) is 1. The minimum Gasteiger partial charge on any atom is -0.383 e. The molecular weight excluding hydrogens is 392 g/mol. The molecule has 0 amide bonds. The van der Waals surface area contributed by atoms with E-state index < -0.39 is 0 Å². The van der Waals surface area contributed by atoms with E-state index >= 15 is 0 Å². The summed E-state index contributed by atoms with van der Waals surface area (Å²) in [5, 5.41) is 18.7. The third-order valence-electron chi connectivity index (χ3n) is 5.18. The molecule has 0 radical (unpaired) electrons. The average molecular weight is 410 g/mol. The van der Waals surface area contributed by atoms with Gasteiger partial charge in [0.25, 0.3) is 0 Å². The van der Waals surface area contributed by atoms with E-state index in [4.69, 9.17) is 10.5 Å². The van der Waals surface area contributed by atoms with Crippen molar-refractivity contribution in [3.05, 3.63) is 54.4 Å². The van der Waals surface area contributed by atoms with Crippen LogP contribution >= 0.6 is 0 Å². The standard InChI is InChI=1S/C22H18N8O/c23-12-14-2-1-3-15(10-14)16-11-18(27-22-20(16)21(24)25-13-26-22)17-4-5-19(29-28-17)30-6-8-31-9-7-30/h1-5,10-11,13H,6-9H2,(H2,24,25,26,27). The van der Waals surface area contributed by atoms with E-state index in [0.717, 1.165) is 30.0 Å². The van der Waals surface area contributed by atoms with E-state index in [-0.39, 0.29) is 0 Å². The highest BCUT2D eigenvalue weighted by molar-refractivity contribution is 6.00. The number of hydrogen-bond acceptors (Lipinski definition) is 9. The predicted octanol–water partition coefficient (Wildman–Crippen LogP) is 2.44. The number of aromatic nitrogens is 5. The molecule has 9 nitrogen and oxygen atoms in total. The fourth-order valence-electron chi connectivity index (χ4n) is 3.63. The van der Waals surface area contributed by atoms with Gasteiger partial charge in [0.15, 0.2) is 11.5 Å². The molecule has 1 fully saturated rings. The van der Waals surface area contributed by atoms with E-state index in [9.17, 15) is 5.26 Å². The van der Waals surface area contributed by atoms with Gasteiger partial charge in [-0.2, -0.15) is 5.26 Å². The first kappa shape index (κ1) is 18.8. The van der Waals surface area contributed by atoms with Crippen LogP contribution in [0.2, 0.25) is 0 Å². The molecule has 0 aliphatic carbocycles. The highest BCUT2D eigenvalue weighted by Crippen LogP contribution is 2.33. The number of hydrogen-bond donors (Lipinski definition) is 1. The lowest BCUT2D eigenvalue weighted by Crippen LogP contribution is -2.36. The number of fused-ring (bicyclic) bond motifs is 1. The molecule has 31 heavy (non-hydrogen) atoms. The molecule has 0 saturated carbocycles. The average Bonchev–Trinajstić information content (AvgIpc) is 2.84. The first-order valence-electron chi connectivity index (χ1n) is 9.81. The molecule has 2 N–H and O–H groups in total. The molecule has 152 valence electrons. The molecule has 0 unspecified atom stereocenters. The maximum Gasteiger partial charge on any atom is 0.165 e. The van der Waals surface area contributed by atoms with Crippen LogP contribution < -0.4 is 10.6 Å². The Bertz CT molecular complexity index is 1290. The number of nitrogens with zero attached hydrogens (tertiary/aromatic N) is 7. The molecule has 0 atom stereocenters. The zero-order valence-electron chi connectivity index (χ0n) is 16.6. The Morgan fingerprint density at radius 2 is 1.87 bits per heavy atom. The molecule has 3 aromatic heterocycles. The van der Waals surface area contributed by atoms with Crippen LogP contribution in [0, 0.1) is 11.3 Å². The van der Waals surface area contributed by atoms with Crippen molar-refractivity contribution in [3.8, 4) is 28.6 Å². The smallest absolute Gasteiger partial charge is 0.165 e. The highest BCUT2D eigenvalue weighted by Gasteiger charge is 2.16. The summed E-state index contributed by atoms with van der Waals surface area (Å²) >= 11 is 0. The minimum absolute atomic E-state index is 0.329. The van der Waals surface area contributed by atoms with Crippen LogP contribution in [0.25, 0.3) is 33.5 Å². The summed E-state index contributed by atoms with van der Waals surface area (Å²) < 4.78 is 5.39. The number of nitriles is 1. The van der Waals surface area contributed by atoms with Gasteiger partial charge in [0.05, 0.1) is 35.9 Å². The van der Waals surface area contributed by atoms with Crippen LogP contribution in [0.4, 0.5) is 11.6 Å². The van der Waals surface area contributed by atoms with Gasteiger partial charge in [-0.1, -0.05) is 12.1 Å². The van der Waals surface area contributed by atoms with Crippen molar-refractivity contribution in [1.29, 1.82) is 5.26 Å². The Morgan fingerprint density at radius 1 is 1.00 bits per heavy atom. The topological polar surface area (TPSA) is 127 Å². The van der Waals surface area contributed by atoms with Crippen LogP contribution in [-0.4, -0.2) is 51.5 Å². The van der Waals surface area contributed by atoms with E-state index in [2.05, 4.69) is 36.1 Å². The number of ether oxygens (including phenoxy) is 1. The number of benzene rings is 1. The lowest BCUT2D eigenvalue weighted by molar-refractivity contribution is 0.122. The number of morpholine rings is 1.